The lowest BCUT2D eigenvalue weighted by molar-refractivity contribution is -0.153. The normalized spacial score (nSPS) is 17.2. The lowest BCUT2D eigenvalue weighted by Crippen LogP contribution is -2.53. The van der Waals surface area contributed by atoms with Crippen molar-refractivity contribution in [2.45, 2.75) is 57.7 Å². The molecule has 1 heterocycles. The van der Waals surface area contributed by atoms with Crippen molar-refractivity contribution in [2.75, 3.05) is 11.4 Å². The van der Waals surface area contributed by atoms with E-state index in [4.69, 9.17) is 10.5 Å². The Hall–Kier alpha value is -3.19. The Kier molecular flexibility index (Phi) is 7.30. The van der Waals surface area contributed by atoms with Crippen LogP contribution in [-0.2, 0) is 32.0 Å². The number of anilines is 1. The molecule has 1 aliphatic rings. The summed E-state index contributed by atoms with van der Waals surface area (Å²) in [5.74, 6) is -1.25. The number of fused-ring (bicyclic) bond motifs is 1. The Bertz CT molecular complexity index is 969. The molecule has 0 aromatic heterocycles. The quantitative estimate of drug-likeness (QED) is 0.676. The number of benzene rings is 2. The minimum absolute atomic E-state index is 0.227. The maximum Gasteiger partial charge on any atom is 0.326 e. The number of para-hydroxylation sites is 1. The summed E-state index contributed by atoms with van der Waals surface area (Å²) >= 11 is 0. The summed E-state index contributed by atoms with van der Waals surface area (Å²) in [5, 5.41) is 2.81. The van der Waals surface area contributed by atoms with Crippen molar-refractivity contribution >= 4 is 23.5 Å². The topological polar surface area (TPSA) is 102 Å². The molecule has 1 aliphatic heterocycles. The summed E-state index contributed by atoms with van der Waals surface area (Å²) in [6.45, 7) is 5.11. The van der Waals surface area contributed by atoms with Crippen molar-refractivity contribution in [3.8, 4) is 0 Å². The molecule has 0 radical (unpaired) electrons. The number of rotatable bonds is 6. The fourth-order valence-electron chi connectivity index (χ4n) is 3.76. The molecule has 2 aromatic carbocycles. The molecule has 7 nitrogen and oxygen atoms in total. The van der Waals surface area contributed by atoms with Crippen LogP contribution in [0.25, 0.3) is 0 Å². The van der Waals surface area contributed by atoms with Crippen molar-refractivity contribution in [1.82, 2.24) is 5.32 Å². The average Bonchev–Trinajstić information content (AvgIpc) is 2.85. The molecule has 3 N–H and O–H groups in total. The highest BCUT2D eigenvalue weighted by atomic mass is 16.6. The molecule has 0 fully saturated rings. The van der Waals surface area contributed by atoms with Gasteiger partial charge in [0.2, 0.25) is 11.8 Å². The predicted octanol–water partition coefficient (Wildman–Crippen LogP) is 2.36. The van der Waals surface area contributed by atoms with Gasteiger partial charge in [-0.25, -0.2) is 0 Å². The number of amides is 2. The fraction of sp³-hybridized carbons (Fsp3) is 0.400. The molecule has 0 saturated carbocycles. The number of nitrogens with one attached hydrogen (secondary N) is 1. The first kappa shape index (κ1) is 23.5. The molecule has 2 amide bonds. The van der Waals surface area contributed by atoms with Crippen LogP contribution in [-0.4, -0.2) is 42.0 Å². The van der Waals surface area contributed by atoms with Gasteiger partial charge in [0, 0.05) is 5.69 Å². The van der Waals surface area contributed by atoms with Crippen LogP contribution in [0.1, 0.15) is 38.3 Å². The van der Waals surface area contributed by atoms with E-state index < -0.39 is 29.6 Å². The number of ether oxygens (including phenoxy) is 1. The van der Waals surface area contributed by atoms with Crippen LogP contribution in [0.5, 0.6) is 0 Å². The summed E-state index contributed by atoms with van der Waals surface area (Å²) in [6.07, 6.45) is 1.38. The van der Waals surface area contributed by atoms with Gasteiger partial charge in [-0.15, -0.1) is 0 Å². The Morgan fingerprint density at radius 1 is 1.12 bits per heavy atom. The number of hydrogen-bond acceptors (Lipinski definition) is 5. The largest absolute Gasteiger partial charge is 0.459 e. The second kappa shape index (κ2) is 9.96. The van der Waals surface area contributed by atoms with Gasteiger partial charge in [0.15, 0.2) is 0 Å². The number of nitrogens with two attached hydrogens (primary N) is 1. The highest BCUT2D eigenvalue weighted by Gasteiger charge is 2.34. The summed E-state index contributed by atoms with van der Waals surface area (Å²) < 4.78 is 5.43. The molecule has 7 heteroatoms. The van der Waals surface area contributed by atoms with E-state index in [0.29, 0.717) is 24.9 Å². The van der Waals surface area contributed by atoms with Gasteiger partial charge in [-0.1, -0.05) is 48.5 Å². The van der Waals surface area contributed by atoms with E-state index in [2.05, 4.69) is 5.32 Å². The van der Waals surface area contributed by atoms with E-state index in [-0.39, 0.29) is 12.5 Å². The molecule has 0 saturated heterocycles. The molecule has 3 rings (SSSR count). The molecular weight excluding hydrogens is 406 g/mol. The maximum atomic E-state index is 13.4. The number of nitrogens with zero attached hydrogens (tertiary/aromatic N) is 1. The van der Waals surface area contributed by atoms with Crippen molar-refractivity contribution < 1.29 is 19.1 Å². The van der Waals surface area contributed by atoms with E-state index in [0.717, 1.165) is 11.1 Å². The smallest absolute Gasteiger partial charge is 0.326 e. The van der Waals surface area contributed by atoms with Crippen molar-refractivity contribution in [1.29, 1.82) is 0 Å². The van der Waals surface area contributed by atoms with Gasteiger partial charge in [0.05, 0.1) is 6.04 Å². The molecule has 2 aromatic rings. The van der Waals surface area contributed by atoms with E-state index in [9.17, 15) is 14.4 Å². The molecule has 2 atom stereocenters. The zero-order valence-electron chi connectivity index (χ0n) is 18.8. The Labute approximate surface area is 188 Å². The number of carbonyl (C=O) groups is 3. The Morgan fingerprint density at radius 3 is 2.47 bits per heavy atom. The van der Waals surface area contributed by atoms with Gasteiger partial charge < -0.3 is 15.8 Å². The third-order valence-corrected chi connectivity index (χ3v) is 5.21. The highest BCUT2D eigenvalue weighted by molar-refractivity contribution is 6.03. The summed E-state index contributed by atoms with van der Waals surface area (Å²) in [4.78, 5) is 40.1. The first-order valence-corrected chi connectivity index (χ1v) is 10.8. The van der Waals surface area contributed by atoms with E-state index >= 15 is 0 Å². The van der Waals surface area contributed by atoms with Crippen molar-refractivity contribution in [3.05, 3.63) is 65.7 Å². The van der Waals surface area contributed by atoms with E-state index in [1.807, 2.05) is 54.6 Å². The zero-order valence-corrected chi connectivity index (χ0v) is 18.8. The molecule has 0 spiro atoms. The highest BCUT2D eigenvalue weighted by Crippen LogP contribution is 2.27. The van der Waals surface area contributed by atoms with Gasteiger partial charge in [-0.3, -0.25) is 19.3 Å². The predicted molar refractivity (Wildman–Crippen MR) is 123 cm³/mol. The van der Waals surface area contributed by atoms with Gasteiger partial charge in [-0.2, -0.15) is 0 Å². The third kappa shape index (κ3) is 6.17. The zero-order chi connectivity index (χ0) is 23.3. The first-order chi connectivity index (χ1) is 15.1. The fourth-order valence-corrected chi connectivity index (χ4v) is 3.76. The van der Waals surface area contributed by atoms with Crippen molar-refractivity contribution in [3.63, 3.8) is 0 Å². The minimum atomic E-state index is -0.782. The minimum Gasteiger partial charge on any atom is -0.459 e. The second-order valence-corrected chi connectivity index (χ2v) is 9.04. The van der Waals surface area contributed by atoms with Crippen LogP contribution in [0.3, 0.4) is 0 Å². The SMILES string of the molecule is CC(C)(C)OC(=O)CN1C(=O)[C@@H](NC(=O)[C@@H](N)Cc2ccccc2)CCc2ccccc21. The molecule has 32 heavy (non-hydrogen) atoms. The Morgan fingerprint density at radius 2 is 1.78 bits per heavy atom. The summed E-state index contributed by atoms with van der Waals surface area (Å²) in [6, 6.07) is 15.4. The molecule has 0 aliphatic carbocycles. The lowest BCUT2D eigenvalue weighted by atomic mass is 10.0. The summed E-state index contributed by atoms with van der Waals surface area (Å²) in [7, 11) is 0. The lowest BCUT2D eigenvalue weighted by Gasteiger charge is -2.28. The van der Waals surface area contributed by atoms with Gasteiger partial charge in [0.25, 0.3) is 0 Å². The first-order valence-electron chi connectivity index (χ1n) is 10.8. The molecule has 0 bridgehead atoms. The van der Waals surface area contributed by atoms with Crippen LogP contribution in [0.15, 0.2) is 54.6 Å². The standard InChI is InChI=1S/C25H31N3O4/c1-25(2,3)32-22(29)16-28-21-12-8-7-11-18(21)13-14-20(24(28)31)27-23(30)19(26)15-17-9-5-4-6-10-17/h4-12,19-20H,13-16,26H2,1-3H3,(H,27,30)/t19-,20-/m0/s1. The third-order valence-electron chi connectivity index (χ3n) is 5.21. The summed E-state index contributed by atoms with van der Waals surface area (Å²) in [5.41, 5.74) is 7.99. The van der Waals surface area contributed by atoms with Crippen LogP contribution < -0.4 is 16.0 Å². The number of esters is 1. The van der Waals surface area contributed by atoms with E-state index in [1.54, 1.807) is 20.8 Å². The number of hydrogen-bond donors (Lipinski definition) is 2. The van der Waals surface area contributed by atoms with Crippen LogP contribution in [0, 0.1) is 0 Å². The van der Waals surface area contributed by atoms with Gasteiger partial charge in [-0.05, 0) is 57.2 Å². The van der Waals surface area contributed by atoms with Crippen LogP contribution in [0.4, 0.5) is 5.69 Å². The van der Waals surface area contributed by atoms with Gasteiger partial charge >= 0.3 is 5.97 Å². The number of aryl methyl sites for hydroxylation is 1. The maximum absolute atomic E-state index is 13.4. The molecular formula is C25H31N3O4. The average molecular weight is 438 g/mol. The molecule has 0 unspecified atom stereocenters. The number of carbonyl (C=O) groups excluding carboxylic acids is 3. The monoisotopic (exact) mass is 437 g/mol. The van der Waals surface area contributed by atoms with E-state index in [1.165, 1.54) is 4.90 Å². The van der Waals surface area contributed by atoms with Crippen LogP contribution >= 0.6 is 0 Å². The van der Waals surface area contributed by atoms with Gasteiger partial charge in [0.1, 0.15) is 18.2 Å². The Balaban J connectivity index is 1.75. The van der Waals surface area contributed by atoms with Crippen LogP contribution in [0.2, 0.25) is 0 Å². The van der Waals surface area contributed by atoms with Crippen molar-refractivity contribution in [2.24, 2.45) is 5.73 Å². The molecule has 170 valence electrons. The second-order valence-electron chi connectivity index (χ2n) is 9.04.